The Bertz CT molecular complexity index is 198. The first-order chi connectivity index (χ1) is 7.52. The lowest BCUT2D eigenvalue weighted by Crippen LogP contribution is -2.34. The van der Waals surface area contributed by atoms with Crippen molar-refractivity contribution in [3.05, 3.63) is 0 Å². The van der Waals surface area contributed by atoms with Crippen LogP contribution in [0.25, 0.3) is 0 Å². The molecule has 0 aliphatic rings. The first-order valence-electron chi connectivity index (χ1n) is 5.52. The number of hydrogen-bond donors (Lipinski definition) is 2. The Kier molecular flexibility index (Phi) is 8.70. The molecule has 4 nitrogen and oxygen atoms in total. The highest BCUT2D eigenvalue weighted by Gasteiger charge is 2.20. The van der Waals surface area contributed by atoms with Crippen LogP contribution in [0.4, 0.5) is 0 Å². The fourth-order valence-corrected chi connectivity index (χ4v) is 1.84. The lowest BCUT2D eigenvalue weighted by molar-refractivity contribution is -0.126. The molecule has 0 saturated heterocycles. The van der Waals surface area contributed by atoms with E-state index in [2.05, 4.69) is 5.32 Å². The highest BCUT2D eigenvalue weighted by Crippen LogP contribution is 2.12. The molecule has 0 aromatic rings. The summed E-state index contributed by atoms with van der Waals surface area (Å²) in [5.74, 6) is 1.85. The maximum absolute atomic E-state index is 11.5. The van der Waals surface area contributed by atoms with Gasteiger partial charge in [0, 0.05) is 26.0 Å². The van der Waals surface area contributed by atoms with Gasteiger partial charge < -0.3 is 15.2 Å². The van der Waals surface area contributed by atoms with Gasteiger partial charge in [0.1, 0.15) is 0 Å². The highest BCUT2D eigenvalue weighted by atomic mass is 32.2. The van der Waals surface area contributed by atoms with Crippen molar-refractivity contribution >= 4 is 17.7 Å². The van der Waals surface area contributed by atoms with Crippen molar-refractivity contribution in [3.8, 4) is 0 Å². The van der Waals surface area contributed by atoms with Crippen molar-refractivity contribution in [2.45, 2.75) is 32.3 Å². The summed E-state index contributed by atoms with van der Waals surface area (Å²) >= 11 is 1.74. The first-order valence-corrected chi connectivity index (χ1v) is 6.68. The molecule has 16 heavy (non-hydrogen) atoms. The smallest absolute Gasteiger partial charge is 0.222 e. The zero-order valence-corrected chi connectivity index (χ0v) is 11.2. The number of aliphatic hydroxyl groups is 1. The number of hydrogen-bond acceptors (Lipinski definition) is 4. The number of nitrogens with one attached hydrogen (secondary N) is 1. The maximum Gasteiger partial charge on any atom is 0.222 e. The minimum atomic E-state index is -0.395. The molecule has 0 aliphatic heterocycles. The average molecular weight is 249 g/mol. The first kappa shape index (κ1) is 15.7. The third-order valence-electron chi connectivity index (χ3n) is 2.15. The lowest BCUT2D eigenvalue weighted by Gasteiger charge is -2.21. The standard InChI is InChI=1S/C11H23NO3S/c1-11(2,15-3)9-10(14)12-5-8-16-7-4-6-13/h13H,4-9H2,1-3H3,(H,12,14). The van der Waals surface area contributed by atoms with Gasteiger partial charge in [0.25, 0.3) is 0 Å². The molecule has 0 unspecified atom stereocenters. The van der Waals surface area contributed by atoms with Crippen molar-refractivity contribution in [3.63, 3.8) is 0 Å². The van der Waals surface area contributed by atoms with E-state index in [0.29, 0.717) is 13.0 Å². The Balaban J connectivity index is 3.44. The van der Waals surface area contributed by atoms with Crippen LogP contribution in [-0.2, 0) is 9.53 Å². The number of amides is 1. The number of rotatable bonds is 9. The minimum absolute atomic E-state index is 0.0228. The highest BCUT2D eigenvalue weighted by molar-refractivity contribution is 7.99. The molecule has 2 N–H and O–H groups in total. The van der Waals surface area contributed by atoms with Gasteiger partial charge >= 0.3 is 0 Å². The van der Waals surface area contributed by atoms with Gasteiger partial charge in [-0.25, -0.2) is 0 Å². The van der Waals surface area contributed by atoms with Gasteiger partial charge in [0.2, 0.25) is 5.91 Å². The molecular formula is C11H23NO3S. The second-order valence-corrected chi connectivity index (χ2v) is 5.40. The largest absolute Gasteiger partial charge is 0.396 e. The summed E-state index contributed by atoms with van der Waals surface area (Å²) in [5.41, 5.74) is -0.395. The van der Waals surface area contributed by atoms with Gasteiger partial charge in [-0.1, -0.05) is 0 Å². The fourth-order valence-electron chi connectivity index (χ4n) is 1.05. The van der Waals surface area contributed by atoms with E-state index in [1.54, 1.807) is 18.9 Å². The predicted molar refractivity (Wildman–Crippen MR) is 67.7 cm³/mol. The fraction of sp³-hybridized carbons (Fsp3) is 0.909. The van der Waals surface area contributed by atoms with Crippen molar-refractivity contribution in [1.82, 2.24) is 5.32 Å². The molecule has 1 amide bonds. The van der Waals surface area contributed by atoms with Crippen molar-refractivity contribution in [1.29, 1.82) is 0 Å². The number of carbonyl (C=O) groups is 1. The molecule has 0 fully saturated rings. The Labute approximate surface area is 102 Å². The average Bonchev–Trinajstić information content (AvgIpc) is 2.22. The van der Waals surface area contributed by atoms with Gasteiger partial charge in [0.15, 0.2) is 0 Å². The summed E-state index contributed by atoms with van der Waals surface area (Å²) in [4.78, 5) is 11.5. The van der Waals surface area contributed by atoms with Crippen LogP contribution in [-0.4, -0.2) is 48.4 Å². The quantitative estimate of drug-likeness (QED) is 0.599. The lowest BCUT2D eigenvalue weighted by atomic mass is 10.1. The molecule has 96 valence electrons. The predicted octanol–water partition coefficient (Wildman–Crippen LogP) is 1.03. The van der Waals surface area contributed by atoms with E-state index >= 15 is 0 Å². The molecule has 0 aromatic carbocycles. The molecule has 0 radical (unpaired) electrons. The van der Waals surface area contributed by atoms with Crippen LogP contribution in [0.3, 0.4) is 0 Å². The Morgan fingerprint density at radius 3 is 2.69 bits per heavy atom. The van der Waals surface area contributed by atoms with E-state index < -0.39 is 5.60 Å². The van der Waals surface area contributed by atoms with E-state index in [1.165, 1.54) is 0 Å². The monoisotopic (exact) mass is 249 g/mol. The second-order valence-electron chi connectivity index (χ2n) is 4.18. The van der Waals surface area contributed by atoms with Crippen molar-refractivity contribution < 1.29 is 14.6 Å². The molecule has 0 bridgehead atoms. The maximum atomic E-state index is 11.5. The van der Waals surface area contributed by atoms with E-state index in [0.717, 1.165) is 17.9 Å². The van der Waals surface area contributed by atoms with Gasteiger partial charge in [-0.2, -0.15) is 11.8 Å². The number of methoxy groups -OCH3 is 1. The summed E-state index contributed by atoms with van der Waals surface area (Å²) in [5, 5.41) is 11.4. The van der Waals surface area contributed by atoms with Gasteiger partial charge in [0.05, 0.1) is 12.0 Å². The summed E-state index contributed by atoms with van der Waals surface area (Å²) in [6.07, 6.45) is 1.19. The van der Waals surface area contributed by atoms with Gasteiger partial charge in [-0.3, -0.25) is 4.79 Å². The summed E-state index contributed by atoms with van der Waals surface area (Å²) < 4.78 is 5.17. The molecule has 0 spiro atoms. The van der Waals surface area contributed by atoms with Crippen LogP contribution in [0.5, 0.6) is 0 Å². The molecule has 0 atom stereocenters. The summed E-state index contributed by atoms with van der Waals surface area (Å²) in [6, 6.07) is 0. The van der Waals surface area contributed by atoms with E-state index in [9.17, 15) is 4.79 Å². The van der Waals surface area contributed by atoms with Crippen LogP contribution in [0, 0.1) is 0 Å². The van der Waals surface area contributed by atoms with Crippen LogP contribution in [0.1, 0.15) is 26.7 Å². The summed E-state index contributed by atoms with van der Waals surface area (Å²) in [6.45, 7) is 4.70. The number of aliphatic hydroxyl groups excluding tert-OH is 1. The van der Waals surface area contributed by atoms with E-state index in [1.807, 2.05) is 13.8 Å². The molecular weight excluding hydrogens is 226 g/mol. The van der Waals surface area contributed by atoms with Gasteiger partial charge in [-0.15, -0.1) is 0 Å². The summed E-state index contributed by atoms with van der Waals surface area (Å²) in [7, 11) is 1.61. The number of thioether (sulfide) groups is 1. The van der Waals surface area contributed by atoms with Gasteiger partial charge in [-0.05, 0) is 26.0 Å². The molecule has 5 heteroatoms. The molecule has 0 aromatic heterocycles. The Hall–Kier alpha value is -0.260. The van der Waals surface area contributed by atoms with Crippen LogP contribution in [0.15, 0.2) is 0 Å². The third kappa shape index (κ3) is 9.00. The molecule has 0 aliphatic carbocycles. The van der Waals surface area contributed by atoms with Crippen LogP contribution in [0.2, 0.25) is 0 Å². The Morgan fingerprint density at radius 1 is 1.44 bits per heavy atom. The molecule has 0 rings (SSSR count). The normalized spacial score (nSPS) is 11.5. The number of carbonyl (C=O) groups excluding carboxylic acids is 1. The molecule has 0 saturated carbocycles. The third-order valence-corrected chi connectivity index (χ3v) is 3.22. The topological polar surface area (TPSA) is 58.6 Å². The SMILES string of the molecule is COC(C)(C)CC(=O)NCCSCCCO. The van der Waals surface area contributed by atoms with Crippen molar-refractivity contribution in [2.75, 3.05) is 31.8 Å². The van der Waals surface area contributed by atoms with Crippen LogP contribution < -0.4 is 5.32 Å². The zero-order valence-electron chi connectivity index (χ0n) is 10.4. The molecule has 0 heterocycles. The minimum Gasteiger partial charge on any atom is -0.396 e. The zero-order chi connectivity index (χ0) is 12.4. The van der Waals surface area contributed by atoms with Crippen LogP contribution >= 0.6 is 11.8 Å². The van der Waals surface area contributed by atoms with Crippen molar-refractivity contribution in [2.24, 2.45) is 0 Å². The van der Waals surface area contributed by atoms with E-state index in [-0.39, 0.29) is 12.5 Å². The second kappa shape index (κ2) is 8.84. The van der Waals surface area contributed by atoms with E-state index in [4.69, 9.17) is 9.84 Å². The number of ether oxygens (including phenoxy) is 1. The Morgan fingerprint density at radius 2 is 2.12 bits per heavy atom.